The molecular weight excluding hydrogens is 324 g/mol. The van der Waals surface area contributed by atoms with E-state index in [1.165, 1.54) is 30.3 Å². The van der Waals surface area contributed by atoms with Gasteiger partial charge in [-0.25, -0.2) is 9.67 Å². The molecule has 1 amide bonds. The lowest BCUT2D eigenvalue weighted by Crippen LogP contribution is -2.23. The standard InChI is InChI=1S/C21H22N4O/c26-21(20-10-9-18-3-1-2-4-19(18)11-20)23-12-16-5-7-17(8-6-16)13-25-15-22-14-24-25/h5-11,14-15H,1-4,12-13H2,(H,23,26). The van der Waals surface area contributed by atoms with Gasteiger partial charge in [0.25, 0.3) is 5.91 Å². The fourth-order valence-corrected chi connectivity index (χ4v) is 3.42. The Morgan fingerprint density at radius 1 is 1.00 bits per heavy atom. The van der Waals surface area contributed by atoms with Crippen LogP contribution in [0.1, 0.15) is 45.5 Å². The van der Waals surface area contributed by atoms with Gasteiger partial charge in [-0.2, -0.15) is 5.10 Å². The summed E-state index contributed by atoms with van der Waals surface area (Å²) in [5.74, 6) is -0.00920. The highest BCUT2D eigenvalue weighted by molar-refractivity contribution is 5.94. The molecule has 0 saturated carbocycles. The number of hydrogen-bond acceptors (Lipinski definition) is 3. The third-order valence-corrected chi connectivity index (χ3v) is 4.90. The number of nitrogens with zero attached hydrogens (tertiary/aromatic N) is 3. The first-order valence-electron chi connectivity index (χ1n) is 9.08. The van der Waals surface area contributed by atoms with Gasteiger partial charge >= 0.3 is 0 Å². The molecule has 0 atom stereocenters. The second-order valence-corrected chi connectivity index (χ2v) is 6.78. The molecule has 0 saturated heterocycles. The van der Waals surface area contributed by atoms with E-state index in [0.717, 1.165) is 29.5 Å². The summed E-state index contributed by atoms with van der Waals surface area (Å²) in [6, 6.07) is 14.3. The van der Waals surface area contributed by atoms with Crippen molar-refractivity contribution in [2.24, 2.45) is 0 Å². The molecule has 0 unspecified atom stereocenters. The summed E-state index contributed by atoms with van der Waals surface area (Å²) >= 11 is 0. The smallest absolute Gasteiger partial charge is 0.251 e. The Balaban J connectivity index is 1.35. The molecule has 3 aromatic rings. The first-order chi connectivity index (χ1) is 12.8. The molecule has 1 heterocycles. The van der Waals surface area contributed by atoms with Crippen LogP contribution in [0.3, 0.4) is 0 Å². The number of carbonyl (C=O) groups excluding carboxylic acids is 1. The second-order valence-electron chi connectivity index (χ2n) is 6.78. The van der Waals surface area contributed by atoms with E-state index in [2.05, 4.69) is 39.7 Å². The van der Waals surface area contributed by atoms with Gasteiger partial charge in [0.2, 0.25) is 0 Å². The van der Waals surface area contributed by atoms with E-state index >= 15 is 0 Å². The molecule has 0 radical (unpaired) electrons. The summed E-state index contributed by atoms with van der Waals surface area (Å²) in [7, 11) is 0. The van der Waals surface area contributed by atoms with E-state index in [4.69, 9.17) is 0 Å². The Labute approximate surface area is 153 Å². The van der Waals surface area contributed by atoms with Gasteiger partial charge in [0.1, 0.15) is 12.7 Å². The zero-order valence-electron chi connectivity index (χ0n) is 14.7. The number of aryl methyl sites for hydroxylation is 2. The number of fused-ring (bicyclic) bond motifs is 1. The molecule has 1 aliphatic rings. The predicted molar refractivity (Wildman–Crippen MR) is 99.8 cm³/mol. The van der Waals surface area contributed by atoms with Crippen molar-refractivity contribution >= 4 is 5.91 Å². The Bertz CT molecular complexity index is 885. The number of aromatic nitrogens is 3. The van der Waals surface area contributed by atoms with Gasteiger partial charge in [0.15, 0.2) is 0 Å². The van der Waals surface area contributed by atoms with Gasteiger partial charge < -0.3 is 5.32 Å². The number of hydrogen-bond donors (Lipinski definition) is 1. The molecule has 1 N–H and O–H groups in total. The minimum absolute atomic E-state index is 0.00920. The van der Waals surface area contributed by atoms with Crippen LogP contribution in [0.15, 0.2) is 55.1 Å². The molecule has 0 aliphatic heterocycles. The van der Waals surface area contributed by atoms with Crippen LogP contribution in [0.5, 0.6) is 0 Å². The highest BCUT2D eigenvalue weighted by Crippen LogP contribution is 2.22. The van der Waals surface area contributed by atoms with Crippen molar-refractivity contribution in [3.05, 3.63) is 82.9 Å². The molecule has 5 nitrogen and oxygen atoms in total. The SMILES string of the molecule is O=C(NCc1ccc(Cn2cncn2)cc1)c1ccc2c(c1)CCCC2. The fraction of sp³-hybridized carbons (Fsp3) is 0.286. The summed E-state index contributed by atoms with van der Waals surface area (Å²) in [6.07, 6.45) is 7.93. The quantitative estimate of drug-likeness (QED) is 0.772. The zero-order chi connectivity index (χ0) is 17.8. The topological polar surface area (TPSA) is 59.8 Å². The van der Waals surface area contributed by atoms with E-state index in [1.807, 2.05) is 18.2 Å². The molecular formula is C21H22N4O. The maximum absolute atomic E-state index is 12.5. The highest BCUT2D eigenvalue weighted by Gasteiger charge is 2.12. The normalized spacial score (nSPS) is 13.2. The molecule has 1 aliphatic carbocycles. The van der Waals surface area contributed by atoms with Crippen LogP contribution in [0, 0.1) is 0 Å². The Hall–Kier alpha value is -2.95. The van der Waals surface area contributed by atoms with E-state index in [9.17, 15) is 4.79 Å². The van der Waals surface area contributed by atoms with E-state index in [-0.39, 0.29) is 5.91 Å². The first kappa shape index (κ1) is 16.5. The van der Waals surface area contributed by atoms with Crippen molar-refractivity contribution < 1.29 is 4.79 Å². The molecule has 4 rings (SSSR count). The van der Waals surface area contributed by atoms with Crippen molar-refractivity contribution in [3.63, 3.8) is 0 Å². The minimum atomic E-state index is -0.00920. The van der Waals surface area contributed by atoms with E-state index < -0.39 is 0 Å². The van der Waals surface area contributed by atoms with Crippen LogP contribution in [-0.4, -0.2) is 20.7 Å². The molecule has 132 valence electrons. The Kier molecular flexibility index (Phi) is 4.78. The lowest BCUT2D eigenvalue weighted by atomic mass is 9.90. The average Bonchev–Trinajstić information content (AvgIpc) is 3.20. The monoisotopic (exact) mass is 346 g/mol. The number of benzene rings is 2. The number of nitrogens with one attached hydrogen (secondary N) is 1. The van der Waals surface area contributed by atoms with Gasteiger partial charge in [-0.1, -0.05) is 30.3 Å². The van der Waals surface area contributed by atoms with Crippen LogP contribution in [0.25, 0.3) is 0 Å². The van der Waals surface area contributed by atoms with Crippen LogP contribution in [-0.2, 0) is 25.9 Å². The summed E-state index contributed by atoms with van der Waals surface area (Å²) in [5.41, 5.74) is 5.73. The zero-order valence-corrected chi connectivity index (χ0v) is 14.7. The van der Waals surface area contributed by atoms with Crippen molar-refractivity contribution in [1.82, 2.24) is 20.1 Å². The summed E-state index contributed by atoms with van der Waals surface area (Å²) in [4.78, 5) is 16.4. The van der Waals surface area contributed by atoms with Gasteiger partial charge in [-0.15, -0.1) is 0 Å². The van der Waals surface area contributed by atoms with Gasteiger partial charge in [0, 0.05) is 12.1 Å². The lowest BCUT2D eigenvalue weighted by Gasteiger charge is -2.16. The molecule has 2 aromatic carbocycles. The molecule has 26 heavy (non-hydrogen) atoms. The van der Waals surface area contributed by atoms with E-state index in [1.54, 1.807) is 11.0 Å². The van der Waals surface area contributed by atoms with Crippen molar-refractivity contribution in [2.75, 3.05) is 0 Å². The highest BCUT2D eigenvalue weighted by atomic mass is 16.1. The summed E-state index contributed by atoms with van der Waals surface area (Å²) in [5, 5.41) is 7.13. The van der Waals surface area contributed by atoms with Crippen LogP contribution >= 0.6 is 0 Å². The van der Waals surface area contributed by atoms with Gasteiger partial charge in [0.05, 0.1) is 6.54 Å². The van der Waals surface area contributed by atoms with E-state index in [0.29, 0.717) is 13.1 Å². The Morgan fingerprint density at radius 2 is 1.77 bits per heavy atom. The molecule has 0 fully saturated rings. The lowest BCUT2D eigenvalue weighted by molar-refractivity contribution is 0.0951. The van der Waals surface area contributed by atoms with Gasteiger partial charge in [-0.05, 0) is 60.1 Å². The summed E-state index contributed by atoms with van der Waals surface area (Å²) in [6.45, 7) is 1.22. The maximum atomic E-state index is 12.5. The second kappa shape index (κ2) is 7.52. The molecule has 0 bridgehead atoms. The fourth-order valence-electron chi connectivity index (χ4n) is 3.42. The van der Waals surface area contributed by atoms with Gasteiger partial charge in [-0.3, -0.25) is 4.79 Å². The third kappa shape index (κ3) is 3.82. The largest absolute Gasteiger partial charge is 0.348 e. The number of rotatable bonds is 5. The Morgan fingerprint density at radius 3 is 2.54 bits per heavy atom. The third-order valence-electron chi connectivity index (χ3n) is 4.90. The van der Waals surface area contributed by atoms with Crippen LogP contribution in [0.4, 0.5) is 0 Å². The van der Waals surface area contributed by atoms with Crippen molar-refractivity contribution in [1.29, 1.82) is 0 Å². The van der Waals surface area contributed by atoms with Crippen molar-refractivity contribution in [3.8, 4) is 0 Å². The van der Waals surface area contributed by atoms with Crippen LogP contribution < -0.4 is 5.32 Å². The number of amides is 1. The maximum Gasteiger partial charge on any atom is 0.251 e. The average molecular weight is 346 g/mol. The molecule has 1 aromatic heterocycles. The molecule has 0 spiro atoms. The summed E-state index contributed by atoms with van der Waals surface area (Å²) < 4.78 is 1.78. The number of carbonyl (C=O) groups is 1. The predicted octanol–water partition coefficient (Wildman–Crippen LogP) is 3.14. The van der Waals surface area contributed by atoms with Crippen LogP contribution in [0.2, 0.25) is 0 Å². The van der Waals surface area contributed by atoms with Crippen molar-refractivity contribution in [2.45, 2.75) is 38.8 Å². The minimum Gasteiger partial charge on any atom is -0.348 e. The first-order valence-corrected chi connectivity index (χ1v) is 9.08. The molecule has 5 heteroatoms.